The van der Waals surface area contributed by atoms with Crippen molar-refractivity contribution in [1.29, 1.82) is 0 Å². The molecular formula is C20H27N3O7S. The summed E-state index contributed by atoms with van der Waals surface area (Å²) >= 11 is 0. The Morgan fingerprint density at radius 2 is 1.87 bits per heavy atom. The molecule has 2 fully saturated rings. The van der Waals surface area contributed by atoms with E-state index in [-0.39, 0.29) is 23.9 Å². The first-order valence-electron chi connectivity index (χ1n) is 10.1. The summed E-state index contributed by atoms with van der Waals surface area (Å²) in [6.45, 7) is 4.64. The summed E-state index contributed by atoms with van der Waals surface area (Å²) in [4.78, 5) is 36.5. The van der Waals surface area contributed by atoms with Crippen molar-refractivity contribution >= 4 is 27.9 Å². The van der Waals surface area contributed by atoms with E-state index < -0.39 is 46.2 Å². The molecule has 1 saturated carbocycles. The summed E-state index contributed by atoms with van der Waals surface area (Å²) in [5, 5.41) is 14.7. The van der Waals surface area contributed by atoms with Crippen LogP contribution in [0, 0.1) is 13.8 Å². The molecule has 1 aliphatic heterocycles. The lowest BCUT2D eigenvalue weighted by molar-refractivity contribution is -0.157. The Bertz CT molecular complexity index is 990. The van der Waals surface area contributed by atoms with E-state index in [1.165, 1.54) is 19.1 Å². The summed E-state index contributed by atoms with van der Waals surface area (Å²) in [7, 11) is -4.08. The lowest BCUT2D eigenvalue weighted by Crippen LogP contribution is -2.47. The number of carbonyl (C=O) groups is 3. The Kier molecular flexibility index (Phi) is 6.68. The standard InChI is InChI=1S/C20H27N3O7S/c1-11-4-7-16(8-12(11)2)31(28,29)23-10-15(24)9-17(23)19(26)30-13(3)18(25)22-20(27)21-14-5-6-14/h4,7-8,13-15,17,24H,5-6,9-10H2,1-3H3,(H2,21,22,25,27)/t13?,15?,17-/m0/s1. The van der Waals surface area contributed by atoms with Crippen LogP contribution in [0.2, 0.25) is 0 Å². The van der Waals surface area contributed by atoms with Crippen LogP contribution in [-0.2, 0) is 24.3 Å². The van der Waals surface area contributed by atoms with Crippen LogP contribution in [0.5, 0.6) is 0 Å². The molecule has 0 bridgehead atoms. The van der Waals surface area contributed by atoms with Gasteiger partial charge in [-0.25, -0.2) is 13.2 Å². The zero-order chi connectivity index (χ0) is 22.9. The number of ether oxygens (including phenoxy) is 1. The monoisotopic (exact) mass is 453 g/mol. The minimum atomic E-state index is -4.08. The van der Waals surface area contributed by atoms with E-state index in [2.05, 4.69) is 10.6 Å². The molecule has 3 amide bonds. The Labute approximate surface area is 181 Å². The predicted molar refractivity (Wildman–Crippen MR) is 109 cm³/mol. The Morgan fingerprint density at radius 3 is 2.48 bits per heavy atom. The van der Waals surface area contributed by atoms with Crippen molar-refractivity contribution in [3.8, 4) is 0 Å². The van der Waals surface area contributed by atoms with E-state index >= 15 is 0 Å². The van der Waals surface area contributed by atoms with Crippen LogP contribution in [0.1, 0.15) is 37.3 Å². The summed E-state index contributed by atoms with van der Waals surface area (Å²) in [5.74, 6) is -1.79. The number of aliphatic hydroxyl groups excluding tert-OH is 1. The van der Waals surface area contributed by atoms with Crippen LogP contribution in [-0.4, -0.2) is 66.6 Å². The molecule has 170 valence electrons. The maximum atomic E-state index is 13.1. The van der Waals surface area contributed by atoms with Crippen molar-refractivity contribution in [1.82, 2.24) is 14.9 Å². The third-order valence-corrected chi connectivity index (χ3v) is 7.27. The van der Waals surface area contributed by atoms with Crippen molar-refractivity contribution < 1.29 is 32.6 Å². The number of carbonyl (C=O) groups excluding carboxylic acids is 3. The number of sulfonamides is 1. The van der Waals surface area contributed by atoms with Crippen LogP contribution in [0.4, 0.5) is 4.79 Å². The number of aryl methyl sites for hydroxylation is 2. The molecule has 0 aromatic heterocycles. The topological polar surface area (TPSA) is 142 Å². The van der Waals surface area contributed by atoms with Gasteiger partial charge >= 0.3 is 12.0 Å². The summed E-state index contributed by atoms with van der Waals surface area (Å²) in [6, 6.07) is 2.71. The van der Waals surface area contributed by atoms with Gasteiger partial charge in [-0.1, -0.05) is 6.07 Å². The van der Waals surface area contributed by atoms with E-state index in [1.807, 2.05) is 6.92 Å². The number of esters is 1. The Hall–Kier alpha value is -2.50. The quantitative estimate of drug-likeness (QED) is 0.528. The van der Waals surface area contributed by atoms with Gasteiger partial charge in [-0.15, -0.1) is 0 Å². The first-order valence-corrected chi connectivity index (χ1v) is 11.5. The van der Waals surface area contributed by atoms with Gasteiger partial charge in [-0.05, 0) is 56.9 Å². The van der Waals surface area contributed by atoms with Crippen LogP contribution in [0.25, 0.3) is 0 Å². The Morgan fingerprint density at radius 1 is 1.19 bits per heavy atom. The molecule has 1 saturated heterocycles. The van der Waals surface area contributed by atoms with Crippen LogP contribution < -0.4 is 10.6 Å². The molecule has 11 heteroatoms. The van der Waals surface area contributed by atoms with Gasteiger partial charge in [0.15, 0.2) is 6.10 Å². The van der Waals surface area contributed by atoms with Gasteiger partial charge in [0.2, 0.25) is 10.0 Å². The van der Waals surface area contributed by atoms with E-state index in [0.29, 0.717) is 0 Å². The van der Waals surface area contributed by atoms with E-state index in [0.717, 1.165) is 28.3 Å². The smallest absolute Gasteiger partial charge is 0.325 e. The van der Waals surface area contributed by atoms with Gasteiger partial charge in [-0.2, -0.15) is 4.31 Å². The highest BCUT2D eigenvalue weighted by molar-refractivity contribution is 7.89. The molecule has 1 heterocycles. The number of nitrogens with one attached hydrogen (secondary N) is 2. The van der Waals surface area contributed by atoms with Gasteiger partial charge in [0, 0.05) is 19.0 Å². The van der Waals surface area contributed by atoms with Gasteiger partial charge in [0.1, 0.15) is 6.04 Å². The maximum Gasteiger partial charge on any atom is 0.325 e. The molecule has 3 rings (SSSR count). The predicted octanol–water partition coefficient (Wildman–Crippen LogP) is 0.347. The summed E-state index contributed by atoms with van der Waals surface area (Å²) in [5.41, 5.74) is 1.69. The number of imide groups is 1. The van der Waals surface area contributed by atoms with Crippen LogP contribution >= 0.6 is 0 Å². The molecule has 0 spiro atoms. The molecule has 10 nitrogen and oxygen atoms in total. The second-order valence-corrected chi connectivity index (χ2v) is 9.93. The van der Waals surface area contributed by atoms with E-state index in [1.54, 1.807) is 13.0 Å². The SMILES string of the molecule is Cc1ccc(S(=O)(=O)N2CC(O)C[C@H]2C(=O)OC(C)C(=O)NC(=O)NC2CC2)cc1C. The fraction of sp³-hybridized carbons (Fsp3) is 0.550. The van der Waals surface area contributed by atoms with Gasteiger partial charge in [0.25, 0.3) is 5.91 Å². The number of benzene rings is 1. The second kappa shape index (κ2) is 8.93. The normalized spacial score (nSPS) is 22.6. The minimum Gasteiger partial charge on any atom is -0.451 e. The molecule has 3 atom stereocenters. The van der Waals surface area contributed by atoms with Crippen molar-refractivity contribution in [2.24, 2.45) is 0 Å². The van der Waals surface area contributed by atoms with Crippen LogP contribution in [0.3, 0.4) is 0 Å². The van der Waals surface area contributed by atoms with Gasteiger partial charge in [-0.3, -0.25) is 14.9 Å². The fourth-order valence-corrected chi connectivity index (χ4v) is 4.95. The zero-order valence-corrected chi connectivity index (χ0v) is 18.4. The highest BCUT2D eigenvalue weighted by Crippen LogP contribution is 2.28. The minimum absolute atomic E-state index is 0.00467. The maximum absolute atomic E-state index is 13.1. The van der Waals surface area contributed by atoms with E-state index in [9.17, 15) is 27.9 Å². The highest BCUT2D eigenvalue weighted by atomic mass is 32.2. The van der Waals surface area contributed by atoms with Gasteiger partial charge in [0.05, 0.1) is 11.0 Å². The largest absolute Gasteiger partial charge is 0.451 e. The van der Waals surface area contributed by atoms with E-state index in [4.69, 9.17) is 4.74 Å². The molecule has 1 aromatic carbocycles. The van der Waals surface area contributed by atoms with Crippen molar-refractivity contribution in [2.45, 2.75) is 69.2 Å². The number of hydrogen-bond donors (Lipinski definition) is 3. The molecular weight excluding hydrogens is 426 g/mol. The summed E-state index contributed by atoms with van der Waals surface area (Å²) in [6.07, 6.45) is -0.824. The third kappa shape index (κ3) is 5.41. The van der Waals surface area contributed by atoms with Crippen molar-refractivity contribution in [2.75, 3.05) is 6.54 Å². The molecule has 2 aliphatic rings. The van der Waals surface area contributed by atoms with Gasteiger partial charge < -0.3 is 15.2 Å². The van der Waals surface area contributed by atoms with Crippen molar-refractivity contribution in [3.63, 3.8) is 0 Å². The molecule has 0 radical (unpaired) electrons. The lowest BCUT2D eigenvalue weighted by Gasteiger charge is -2.24. The molecule has 1 aliphatic carbocycles. The first kappa shape index (κ1) is 23.2. The average Bonchev–Trinajstić information content (AvgIpc) is 3.40. The first-order chi connectivity index (χ1) is 14.5. The number of nitrogens with zero attached hydrogens (tertiary/aromatic N) is 1. The van der Waals surface area contributed by atoms with Crippen molar-refractivity contribution in [3.05, 3.63) is 29.3 Å². The molecule has 3 N–H and O–H groups in total. The number of rotatable bonds is 6. The average molecular weight is 454 g/mol. The molecule has 31 heavy (non-hydrogen) atoms. The number of amides is 3. The third-order valence-electron chi connectivity index (χ3n) is 5.40. The zero-order valence-electron chi connectivity index (χ0n) is 17.6. The fourth-order valence-electron chi connectivity index (χ4n) is 3.24. The van der Waals surface area contributed by atoms with Crippen LogP contribution in [0.15, 0.2) is 23.1 Å². The molecule has 1 aromatic rings. The summed E-state index contributed by atoms with van der Waals surface area (Å²) < 4.78 is 32.2. The number of hydrogen-bond acceptors (Lipinski definition) is 7. The number of aliphatic hydroxyl groups is 1. The lowest BCUT2D eigenvalue weighted by atomic mass is 10.1. The number of urea groups is 1. The second-order valence-electron chi connectivity index (χ2n) is 8.04. The highest BCUT2D eigenvalue weighted by Gasteiger charge is 2.45. The molecule has 2 unspecified atom stereocenters. The number of β-amino-alcohol motifs (C(OH)–C–C–N with tert-alkyl or cyclic N) is 1. The Balaban J connectivity index is 1.69.